The van der Waals surface area contributed by atoms with E-state index in [1.54, 1.807) is 14.2 Å². The topological polar surface area (TPSA) is 63.5 Å². The molecular formula is C22H25N3O3. The Bertz CT molecular complexity index is 860. The zero-order chi connectivity index (χ0) is 19.9. The molecule has 1 heterocycles. The fourth-order valence-electron chi connectivity index (χ4n) is 3.13. The Kier molecular flexibility index (Phi) is 6.55. The van der Waals surface area contributed by atoms with Crippen LogP contribution in [0.2, 0.25) is 0 Å². The lowest BCUT2D eigenvalue weighted by Gasteiger charge is -2.14. The van der Waals surface area contributed by atoms with Gasteiger partial charge in [0.15, 0.2) is 0 Å². The molecule has 0 radical (unpaired) electrons. The predicted molar refractivity (Wildman–Crippen MR) is 111 cm³/mol. The lowest BCUT2D eigenvalue weighted by atomic mass is 9.93. The highest BCUT2D eigenvalue weighted by Gasteiger charge is 2.39. The maximum Gasteiger partial charge on any atom is 0.262 e. The van der Waals surface area contributed by atoms with Crippen LogP contribution in [0.3, 0.4) is 0 Å². The average Bonchev–Trinajstić information content (AvgIpc) is 3.09. The molecule has 0 saturated carbocycles. The number of amides is 1. The smallest absolute Gasteiger partial charge is 0.262 e. The molecule has 1 amide bonds. The van der Waals surface area contributed by atoms with Crippen LogP contribution in [-0.4, -0.2) is 44.7 Å². The second-order valence-corrected chi connectivity index (χ2v) is 6.50. The summed E-state index contributed by atoms with van der Waals surface area (Å²) in [5.74, 6) is 0.163. The Morgan fingerprint density at radius 3 is 2.46 bits per heavy atom. The number of ether oxygens (including phenoxy) is 2. The Morgan fingerprint density at radius 2 is 1.82 bits per heavy atom. The van der Waals surface area contributed by atoms with Gasteiger partial charge < -0.3 is 9.47 Å². The number of para-hydroxylation sites is 1. The molecule has 1 atom stereocenters. The molecule has 0 spiro atoms. The van der Waals surface area contributed by atoms with Gasteiger partial charge in [0, 0.05) is 26.0 Å². The first-order chi connectivity index (χ1) is 13.7. The highest BCUT2D eigenvalue weighted by atomic mass is 16.5. The number of rotatable bonds is 8. The van der Waals surface area contributed by atoms with E-state index in [4.69, 9.17) is 9.47 Å². The van der Waals surface area contributed by atoms with E-state index in [1.165, 1.54) is 5.01 Å². The van der Waals surface area contributed by atoms with Crippen molar-refractivity contribution in [3.8, 4) is 5.75 Å². The number of hydrogen-bond acceptors (Lipinski definition) is 5. The molecule has 2 aromatic rings. The van der Waals surface area contributed by atoms with Gasteiger partial charge in [0.25, 0.3) is 5.91 Å². The van der Waals surface area contributed by atoms with Crippen molar-refractivity contribution in [1.82, 2.24) is 0 Å². The number of hydrazone groups is 1. The van der Waals surface area contributed by atoms with Crippen molar-refractivity contribution in [2.75, 3.05) is 32.4 Å². The van der Waals surface area contributed by atoms with E-state index in [0.29, 0.717) is 18.9 Å². The number of hydrogen-bond donors (Lipinski definition) is 0. The highest BCUT2D eigenvalue weighted by Crippen LogP contribution is 2.28. The van der Waals surface area contributed by atoms with Crippen molar-refractivity contribution in [3.05, 3.63) is 60.2 Å². The van der Waals surface area contributed by atoms with Crippen molar-refractivity contribution >= 4 is 23.0 Å². The zero-order valence-corrected chi connectivity index (χ0v) is 16.5. The quantitative estimate of drug-likeness (QED) is 0.520. The summed E-state index contributed by atoms with van der Waals surface area (Å²) in [5, 5.41) is 6.14. The second kappa shape index (κ2) is 9.28. The maximum atomic E-state index is 13.2. The number of anilines is 1. The molecule has 1 unspecified atom stereocenters. The van der Waals surface area contributed by atoms with Crippen LogP contribution in [0.4, 0.5) is 5.69 Å². The van der Waals surface area contributed by atoms with E-state index in [0.717, 1.165) is 29.1 Å². The van der Waals surface area contributed by atoms with E-state index in [9.17, 15) is 4.79 Å². The van der Waals surface area contributed by atoms with Crippen molar-refractivity contribution in [2.45, 2.75) is 13.3 Å². The minimum absolute atomic E-state index is 0.0926. The van der Waals surface area contributed by atoms with Gasteiger partial charge in [-0.25, -0.2) is 0 Å². The summed E-state index contributed by atoms with van der Waals surface area (Å²) < 4.78 is 10.3. The predicted octanol–water partition coefficient (Wildman–Crippen LogP) is 3.56. The first-order valence-corrected chi connectivity index (χ1v) is 9.27. The van der Waals surface area contributed by atoms with Gasteiger partial charge in [-0.05, 0) is 55.3 Å². The lowest BCUT2D eigenvalue weighted by molar-refractivity contribution is -0.118. The molecule has 0 bridgehead atoms. The van der Waals surface area contributed by atoms with E-state index in [-0.39, 0.29) is 5.91 Å². The van der Waals surface area contributed by atoms with Gasteiger partial charge in [0.1, 0.15) is 11.7 Å². The lowest BCUT2D eigenvalue weighted by Crippen LogP contribution is -2.32. The van der Waals surface area contributed by atoms with Crippen molar-refractivity contribution < 1.29 is 14.3 Å². The van der Waals surface area contributed by atoms with E-state index < -0.39 is 5.92 Å². The molecule has 0 aliphatic carbocycles. The number of nitrogens with zero attached hydrogens (tertiary/aromatic N) is 3. The van der Waals surface area contributed by atoms with Gasteiger partial charge in [-0.15, -0.1) is 0 Å². The SMILES string of the molecule is COCCCN=C(C)C1C(=O)N(c2ccccc2)N=C1c1ccc(OC)cc1. The van der Waals surface area contributed by atoms with Crippen molar-refractivity contribution in [1.29, 1.82) is 0 Å². The summed E-state index contributed by atoms with van der Waals surface area (Å²) in [5.41, 5.74) is 3.08. The molecule has 146 valence electrons. The molecular weight excluding hydrogens is 354 g/mol. The minimum Gasteiger partial charge on any atom is -0.497 e. The Hall–Kier alpha value is -2.99. The number of benzene rings is 2. The largest absolute Gasteiger partial charge is 0.497 e. The zero-order valence-electron chi connectivity index (χ0n) is 16.5. The van der Waals surface area contributed by atoms with Crippen LogP contribution in [0.5, 0.6) is 5.75 Å². The fraction of sp³-hybridized carbons (Fsp3) is 0.318. The van der Waals surface area contributed by atoms with Crippen LogP contribution in [-0.2, 0) is 9.53 Å². The molecule has 2 aromatic carbocycles. The van der Waals surface area contributed by atoms with Crippen LogP contribution >= 0.6 is 0 Å². The third-order valence-electron chi connectivity index (χ3n) is 4.61. The second-order valence-electron chi connectivity index (χ2n) is 6.50. The van der Waals surface area contributed by atoms with Crippen LogP contribution in [0.25, 0.3) is 0 Å². The molecule has 28 heavy (non-hydrogen) atoms. The number of carbonyl (C=O) groups excluding carboxylic acids is 1. The average molecular weight is 379 g/mol. The number of aliphatic imine (C=N–C) groups is 1. The minimum atomic E-state index is -0.504. The Labute approximate surface area is 165 Å². The molecule has 0 saturated heterocycles. The van der Waals surface area contributed by atoms with Crippen LogP contribution in [0, 0.1) is 5.92 Å². The van der Waals surface area contributed by atoms with Gasteiger partial charge >= 0.3 is 0 Å². The number of carbonyl (C=O) groups is 1. The van der Waals surface area contributed by atoms with E-state index >= 15 is 0 Å². The monoisotopic (exact) mass is 379 g/mol. The standard InChI is InChI=1S/C22H25N3O3/c1-16(23-14-7-15-27-2)20-21(17-10-12-19(28-3)13-11-17)24-25(22(20)26)18-8-5-4-6-9-18/h4-6,8-13,20H,7,14-15H2,1-3H3. The van der Waals surface area contributed by atoms with Gasteiger partial charge in [-0.1, -0.05) is 18.2 Å². The van der Waals surface area contributed by atoms with Crippen molar-refractivity contribution in [2.24, 2.45) is 16.0 Å². The molecule has 1 aliphatic heterocycles. The molecule has 0 fully saturated rings. The van der Waals surface area contributed by atoms with Crippen LogP contribution in [0.1, 0.15) is 18.9 Å². The van der Waals surface area contributed by atoms with Crippen LogP contribution in [0.15, 0.2) is 64.7 Å². The molecule has 0 N–H and O–H groups in total. The molecule has 6 heteroatoms. The molecule has 6 nitrogen and oxygen atoms in total. The van der Waals surface area contributed by atoms with Crippen LogP contribution < -0.4 is 9.75 Å². The molecule has 1 aliphatic rings. The van der Waals surface area contributed by atoms with Gasteiger partial charge in [-0.2, -0.15) is 10.1 Å². The summed E-state index contributed by atoms with van der Waals surface area (Å²) >= 11 is 0. The normalized spacial score (nSPS) is 17.0. The summed E-state index contributed by atoms with van der Waals surface area (Å²) in [4.78, 5) is 17.8. The molecule has 0 aromatic heterocycles. The van der Waals surface area contributed by atoms with Crippen molar-refractivity contribution in [3.63, 3.8) is 0 Å². The third-order valence-corrected chi connectivity index (χ3v) is 4.61. The first kappa shape index (κ1) is 19.8. The maximum absolute atomic E-state index is 13.2. The summed E-state index contributed by atoms with van der Waals surface area (Å²) in [6, 6.07) is 17.0. The summed E-state index contributed by atoms with van der Waals surface area (Å²) in [6.45, 7) is 3.15. The Morgan fingerprint density at radius 1 is 1.11 bits per heavy atom. The van der Waals surface area contributed by atoms with E-state index in [1.807, 2.05) is 61.5 Å². The van der Waals surface area contributed by atoms with Gasteiger partial charge in [0.2, 0.25) is 0 Å². The van der Waals surface area contributed by atoms with Gasteiger partial charge in [-0.3, -0.25) is 9.79 Å². The highest BCUT2D eigenvalue weighted by molar-refractivity contribution is 6.32. The fourth-order valence-corrected chi connectivity index (χ4v) is 3.13. The summed E-state index contributed by atoms with van der Waals surface area (Å²) in [7, 11) is 3.30. The van der Waals surface area contributed by atoms with Gasteiger partial charge in [0.05, 0.1) is 18.5 Å². The molecule has 3 rings (SSSR count). The van der Waals surface area contributed by atoms with E-state index in [2.05, 4.69) is 10.1 Å². The Balaban J connectivity index is 1.95. The summed E-state index contributed by atoms with van der Waals surface area (Å²) in [6.07, 6.45) is 0.812. The first-order valence-electron chi connectivity index (χ1n) is 9.27. The third kappa shape index (κ3) is 4.28. The number of methoxy groups -OCH3 is 2.